The number of aliphatic hydroxyl groups is 1. The average Bonchev–Trinajstić information content (AvgIpc) is 3.05. The van der Waals surface area contributed by atoms with Crippen molar-refractivity contribution in [3.63, 3.8) is 0 Å². The molecule has 2 aromatic rings. The molecule has 3 N–H and O–H groups in total. The molecule has 2 aliphatic rings. The van der Waals surface area contributed by atoms with E-state index in [1.54, 1.807) is 0 Å². The zero-order valence-electron chi connectivity index (χ0n) is 15.0. The third-order valence-corrected chi connectivity index (χ3v) is 6.29. The van der Waals surface area contributed by atoms with Crippen molar-refractivity contribution in [3.8, 4) is 0 Å². The molecular formula is C22H30N2O. The third kappa shape index (κ3) is 3.59. The molecule has 1 aliphatic heterocycles. The Balaban J connectivity index is 1.67. The SMILES string of the molecule is N[C@@H]1CCN(CC(c2ccc3ccccc3c2)C2(O)CCCCC2)C1. The normalized spacial score (nSPS) is 25.3. The van der Waals surface area contributed by atoms with Crippen molar-refractivity contribution in [2.24, 2.45) is 5.73 Å². The van der Waals surface area contributed by atoms with Crippen molar-refractivity contribution in [2.45, 2.75) is 56.1 Å². The maximum Gasteiger partial charge on any atom is 0.0728 e. The second-order valence-electron chi connectivity index (χ2n) is 8.13. The zero-order chi connectivity index (χ0) is 17.3. The highest BCUT2D eigenvalue weighted by Gasteiger charge is 2.40. The van der Waals surface area contributed by atoms with Gasteiger partial charge in [0, 0.05) is 25.0 Å². The van der Waals surface area contributed by atoms with Gasteiger partial charge >= 0.3 is 0 Å². The minimum absolute atomic E-state index is 0.169. The van der Waals surface area contributed by atoms with Crippen molar-refractivity contribution in [2.75, 3.05) is 19.6 Å². The Morgan fingerprint density at radius 2 is 1.84 bits per heavy atom. The van der Waals surface area contributed by atoms with Crippen molar-refractivity contribution in [1.82, 2.24) is 4.90 Å². The lowest BCUT2D eigenvalue weighted by atomic mass is 9.72. The van der Waals surface area contributed by atoms with Gasteiger partial charge in [0.25, 0.3) is 0 Å². The topological polar surface area (TPSA) is 49.5 Å². The predicted octanol–water partition coefficient (Wildman–Crippen LogP) is 3.65. The first-order valence-corrected chi connectivity index (χ1v) is 9.83. The molecule has 2 atom stereocenters. The molecule has 1 heterocycles. The van der Waals surface area contributed by atoms with Gasteiger partial charge in [0.1, 0.15) is 0 Å². The molecule has 134 valence electrons. The molecule has 0 aromatic heterocycles. The maximum absolute atomic E-state index is 11.5. The van der Waals surface area contributed by atoms with Gasteiger partial charge in [-0.05, 0) is 42.1 Å². The van der Waals surface area contributed by atoms with E-state index in [0.29, 0.717) is 6.04 Å². The highest BCUT2D eigenvalue weighted by molar-refractivity contribution is 5.83. The highest BCUT2D eigenvalue weighted by atomic mass is 16.3. The van der Waals surface area contributed by atoms with Crippen LogP contribution >= 0.6 is 0 Å². The van der Waals surface area contributed by atoms with Crippen LogP contribution in [0, 0.1) is 0 Å². The highest BCUT2D eigenvalue weighted by Crippen LogP contribution is 2.41. The Morgan fingerprint density at radius 3 is 2.56 bits per heavy atom. The molecule has 3 nitrogen and oxygen atoms in total. The second-order valence-corrected chi connectivity index (χ2v) is 8.13. The van der Waals surface area contributed by atoms with E-state index >= 15 is 0 Å². The van der Waals surface area contributed by atoms with Gasteiger partial charge in [0.2, 0.25) is 0 Å². The van der Waals surface area contributed by atoms with Gasteiger partial charge in [-0.2, -0.15) is 0 Å². The molecule has 2 fully saturated rings. The minimum Gasteiger partial charge on any atom is -0.389 e. The lowest BCUT2D eigenvalue weighted by molar-refractivity contribution is -0.0294. The molecule has 4 rings (SSSR count). The summed E-state index contributed by atoms with van der Waals surface area (Å²) in [6, 6.07) is 15.5. The molecule has 1 saturated heterocycles. The Morgan fingerprint density at radius 1 is 1.08 bits per heavy atom. The summed E-state index contributed by atoms with van der Waals surface area (Å²) in [4.78, 5) is 2.46. The Labute approximate surface area is 150 Å². The largest absolute Gasteiger partial charge is 0.389 e. The van der Waals surface area contributed by atoms with Crippen LogP contribution in [0.25, 0.3) is 10.8 Å². The molecule has 0 radical (unpaired) electrons. The van der Waals surface area contributed by atoms with Crippen LogP contribution in [0.2, 0.25) is 0 Å². The summed E-state index contributed by atoms with van der Waals surface area (Å²) in [5, 5.41) is 14.1. The number of likely N-dealkylation sites (tertiary alicyclic amines) is 1. The van der Waals surface area contributed by atoms with Gasteiger partial charge < -0.3 is 15.7 Å². The third-order valence-electron chi connectivity index (χ3n) is 6.29. The fourth-order valence-electron chi connectivity index (χ4n) is 4.81. The number of hydrogen-bond donors (Lipinski definition) is 2. The van der Waals surface area contributed by atoms with Crippen molar-refractivity contribution >= 4 is 10.8 Å². The number of rotatable bonds is 4. The Bertz CT molecular complexity index is 723. The molecule has 0 amide bonds. The van der Waals surface area contributed by atoms with Crippen molar-refractivity contribution < 1.29 is 5.11 Å². The number of nitrogens with zero attached hydrogens (tertiary/aromatic N) is 1. The van der Waals surface area contributed by atoms with E-state index in [2.05, 4.69) is 47.4 Å². The van der Waals surface area contributed by atoms with E-state index in [1.165, 1.54) is 22.8 Å². The van der Waals surface area contributed by atoms with Gasteiger partial charge in [0.15, 0.2) is 0 Å². The van der Waals surface area contributed by atoms with Crippen LogP contribution in [-0.2, 0) is 0 Å². The van der Waals surface area contributed by atoms with Gasteiger partial charge in [-0.3, -0.25) is 0 Å². The standard InChI is InChI=1S/C22H30N2O/c23-20-10-13-24(15-20)16-21(22(25)11-4-1-5-12-22)19-9-8-17-6-2-3-7-18(17)14-19/h2-3,6-9,14,20-21,25H,1,4-5,10-13,15-16,23H2/t20-,21?/m1/s1. The summed E-state index contributed by atoms with van der Waals surface area (Å²) < 4.78 is 0. The molecule has 3 heteroatoms. The fraction of sp³-hybridized carbons (Fsp3) is 0.545. The number of hydrogen-bond acceptors (Lipinski definition) is 3. The van der Waals surface area contributed by atoms with E-state index < -0.39 is 5.60 Å². The maximum atomic E-state index is 11.5. The average molecular weight is 338 g/mol. The lowest BCUT2D eigenvalue weighted by Gasteiger charge is -2.41. The first-order valence-electron chi connectivity index (χ1n) is 9.83. The Hall–Kier alpha value is -1.42. The van der Waals surface area contributed by atoms with Crippen LogP contribution < -0.4 is 5.73 Å². The smallest absolute Gasteiger partial charge is 0.0728 e. The molecular weight excluding hydrogens is 308 g/mol. The summed E-state index contributed by atoms with van der Waals surface area (Å²) in [7, 11) is 0. The van der Waals surface area contributed by atoms with Crippen molar-refractivity contribution in [3.05, 3.63) is 48.0 Å². The summed E-state index contributed by atoms with van der Waals surface area (Å²) in [5.41, 5.74) is 6.83. The van der Waals surface area contributed by atoms with Gasteiger partial charge in [0.05, 0.1) is 5.60 Å². The molecule has 1 aliphatic carbocycles. The molecule has 0 spiro atoms. The summed E-state index contributed by atoms with van der Waals surface area (Å²) in [6.07, 6.45) is 6.44. The van der Waals surface area contributed by atoms with Crippen LogP contribution in [-0.4, -0.2) is 41.3 Å². The monoisotopic (exact) mass is 338 g/mol. The van der Waals surface area contributed by atoms with E-state index in [9.17, 15) is 5.11 Å². The van der Waals surface area contributed by atoms with Crippen molar-refractivity contribution in [1.29, 1.82) is 0 Å². The van der Waals surface area contributed by atoms with Crippen LogP contribution in [0.1, 0.15) is 50.0 Å². The van der Waals surface area contributed by atoms with Gasteiger partial charge in [-0.15, -0.1) is 0 Å². The zero-order valence-corrected chi connectivity index (χ0v) is 15.0. The second kappa shape index (κ2) is 7.06. The molecule has 0 bridgehead atoms. The summed E-state index contributed by atoms with van der Waals surface area (Å²) in [6.45, 7) is 2.93. The fourth-order valence-corrected chi connectivity index (χ4v) is 4.81. The van der Waals surface area contributed by atoms with Crippen LogP contribution in [0.5, 0.6) is 0 Å². The molecule has 2 aromatic carbocycles. The van der Waals surface area contributed by atoms with E-state index in [4.69, 9.17) is 5.73 Å². The lowest BCUT2D eigenvalue weighted by Crippen LogP contribution is -2.44. The first-order chi connectivity index (χ1) is 12.1. The van der Waals surface area contributed by atoms with Crippen LogP contribution in [0.4, 0.5) is 0 Å². The molecule has 25 heavy (non-hydrogen) atoms. The predicted molar refractivity (Wildman–Crippen MR) is 104 cm³/mol. The number of fused-ring (bicyclic) bond motifs is 1. The minimum atomic E-state index is -0.576. The van der Waals surface area contributed by atoms with E-state index in [0.717, 1.165) is 51.7 Å². The van der Waals surface area contributed by atoms with E-state index in [-0.39, 0.29) is 5.92 Å². The Kier molecular flexibility index (Phi) is 4.81. The molecule has 1 saturated carbocycles. The number of benzene rings is 2. The van der Waals surface area contributed by atoms with Crippen LogP contribution in [0.3, 0.4) is 0 Å². The van der Waals surface area contributed by atoms with E-state index in [1.807, 2.05) is 0 Å². The summed E-state index contributed by atoms with van der Waals surface area (Å²) in [5.74, 6) is 0.169. The van der Waals surface area contributed by atoms with Gasteiger partial charge in [-0.1, -0.05) is 61.7 Å². The quantitative estimate of drug-likeness (QED) is 0.894. The summed E-state index contributed by atoms with van der Waals surface area (Å²) >= 11 is 0. The van der Waals surface area contributed by atoms with Crippen LogP contribution in [0.15, 0.2) is 42.5 Å². The first kappa shape index (κ1) is 17.0. The van der Waals surface area contributed by atoms with Gasteiger partial charge in [-0.25, -0.2) is 0 Å². The number of nitrogens with two attached hydrogens (primary N) is 1. The molecule has 1 unspecified atom stereocenters.